The topological polar surface area (TPSA) is 55.6 Å². The van der Waals surface area contributed by atoms with E-state index in [0.29, 0.717) is 37.0 Å². The van der Waals surface area contributed by atoms with Crippen LogP contribution in [-0.2, 0) is 4.74 Å². The van der Waals surface area contributed by atoms with Gasteiger partial charge in [-0.15, -0.1) is 0 Å². The first-order valence-corrected chi connectivity index (χ1v) is 5.33. The number of hydrogen-bond acceptors (Lipinski definition) is 4. The minimum atomic E-state index is -0.416. The Bertz CT molecular complexity index is 405. The van der Waals surface area contributed by atoms with Gasteiger partial charge in [0.05, 0.1) is 28.8 Å². The lowest BCUT2D eigenvalue weighted by molar-refractivity contribution is -0.384. The van der Waals surface area contributed by atoms with Crippen molar-refractivity contribution in [3.05, 3.63) is 33.3 Å². The Balaban J connectivity index is 2.30. The predicted molar refractivity (Wildman–Crippen MR) is 61.1 cm³/mol. The molecule has 5 nitrogen and oxygen atoms in total. The zero-order valence-corrected chi connectivity index (χ0v) is 9.31. The van der Waals surface area contributed by atoms with Crippen LogP contribution in [0.1, 0.15) is 0 Å². The van der Waals surface area contributed by atoms with E-state index < -0.39 is 4.92 Å². The van der Waals surface area contributed by atoms with Crippen molar-refractivity contribution in [3.8, 4) is 0 Å². The van der Waals surface area contributed by atoms with Crippen LogP contribution in [0, 0.1) is 10.1 Å². The van der Waals surface area contributed by atoms with Crippen molar-refractivity contribution >= 4 is 23.0 Å². The van der Waals surface area contributed by atoms with Gasteiger partial charge < -0.3 is 9.64 Å². The largest absolute Gasteiger partial charge is 0.378 e. The smallest absolute Gasteiger partial charge is 0.271 e. The van der Waals surface area contributed by atoms with E-state index in [9.17, 15) is 10.1 Å². The van der Waals surface area contributed by atoms with Crippen molar-refractivity contribution in [2.75, 3.05) is 31.2 Å². The first-order chi connectivity index (χ1) is 7.68. The molecular weight excluding hydrogens is 232 g/mol. The van der Waals surface area contributed by atoms with E-state index >= 15 is 0 Å². The Labute approximate surface area is 97.7 Å². The van der Waals surface area contributed by atoms with Crippen LogP contribution in [0.2, 0.25) is 5.02 Å². The Morgan fingerprint density at radius 2 is 2.06 bits per heavy atom. The van der Waals surface area contributed by atoms with E-state index in [-0.39, 0.29) is 5.69 Å². The maximum absolute atomic E-state index is 10.7. The molecule has 0 atom stereocenters. The third-order valence-corrected chi connectivity index (χ3v) is 2.81. The van der Waals surface area contributed by atoms with Crippen LogP contribution in [0.3, 0.4) is 0 Å². The lowest BCUT2D eigenvalue weighted by Crippen LogP contribution is -2.36. The number of nitro benzene ring substituents is 1. The highest BCUT2D eigenvalue weighted by atomic mass is 35.5. The van der Waals surface area contributed by atoms with E-state index in [1.165, 1.54) is 12.1 Å². The van der Waals surface area contributed by atoms with Crippen LogP contribution < -0.4 is 4.90 Å². The second-order valence-electron chi connectivity index (χ2n) is 3.49. The molecule has 16 heavy (non-hydrogen) atoms. The van der Waals surface area contributed by atoms with Crippen molar-refractivity contribution in [3.63, 3.8) is 0 Å². The first-order valence-electron chi connectivity index (χ1n) is 4.95. The van der Waals surface area contributed by atoms with Gasteiger partial charge in [-0.3, -0.25) is 10.1 Å². The molecule has 1 aromatic rings. The molecule has 0 aliphatic carbocycles. The molecule has 1 aliphatic heterocycles. The van der Waals surface area contributed by atoms with Crippen LogP contribution in [0.25, 0.3) is 0 Å². The first kappa shape index (κ1) is 11.2. The van der Waals surface area contributed by atoms with Crippen LogP contribution in [0.5, 0.6) is 0 Å². The lowest BCUT2D eigenvalue weighted by Gasteiger charge is -2.29. The second kappa shape index (κ2) is 4.67. The number of benzene rings is 1. The Hall–Kier alpha value is -1.33. The minimum Gasteiger partial charge on any atom is -0.378 e. The third kappa shape index (κ3) is 2.25. The van der Waals surface area contributed by atoms with E-state index in [2.05, 4.69) is 0 Å². The quantitative estimate of drug-likeness (QED) is 0.589. The molecule has 1 heterocycles. The number of anilines is 1. The maximum Gasteiger partial charge on any atom is 0.271 e. The van der Waals surface area contributed by atoms with Crippen molar-refractivity contribution in [1.29, 1.82) is 0 Å². The van der Waals surface area contributed by atoms with Gasteiger partial charge >= 0.3 is 0 Å². The van der Waals surface area contributed by atoms with Crippen LogP contribution in [0.15, 0.2) is 18.2 Å². The summed E-state index contributed by atoms with van der Waals surface area (Å²) in [6.07, 6.45) is 0. The van der Waals surface area contributed by atoms with Crippen LogP contribution in [-0.4, -0.2) is 31.2 Å². The molecule has 0 bridgehead atoms. The molecule has 1 aliphatic rings. The minimum absolute atomic E-state index is 0.0610. The average molecular weight is 243 g/mol. The Kier molecular flexibility index (Phi) is 3.26. The average Bonchev–Trinajstić information content (AvgIpc) is 2.30. The van der Waals surface area contributed by atoms with Gasteiger partial charge in [-0.1, -0.05) is 11.6 Å². The molecule has 0 spiro atoms. The molecule has 0 aromatic heterocycles. The highest BCUT2D eigenvalue weighted by Gasteiger charge is 2.17. The number of nitrogens with zero attached hydrogens (tertiary/aromatic N) is 2. The number of halogens is 1. The van der Waals surface area contributed by atoms with Crippen LogP contribution in [0.4, 0.5) is 11.4 Å². The number of hydrogen-bond donors (Lipinski definition) is 0. The SMILES string of the molecule is O=[N+]([O-])c1ccc(Cl)c(N2CCOCC2)c1. The zero-order chi connectivity index (χ0) is 11.5. The summed E-state index contributed by atoms with van der Waals surface area (Å²) in [6.45, 7) is 2.67. The molecule has 0 unspecified atom stereocenters. The highest BCUT2D eigenvalue weighted by Crippen LogP contribution is 2.30. The van der Waals surface area contributed by atoms with E-state index in [4.69, 9.17) is 16.3 Å². The number of non-ortho nitro benzene ring substituents is 1. The van der Waals surface area contributed by atoms with Gasteiger partial charge in [-0.05, 0) is 6.07 Å². The van der Waals surface area contributed by atoms with Gasteiger partial charge in [0, 0.05) is 25.2 Å². The Morgan fingerprint density at radius 1 is 1.38 bits per heavy atom. The van der Waals surface area contributed by atoms with Gasteiger partial charge in [0.1, 0.15) is 0 Å². The molecule has 1 aromatic carbocycles. The fraction of sp³-hybridized carbons (Fsp3) is 0.400. The summed E-state index contributed by atoms with van der Waals surface area (Å²) in [5, 5.41) is 11.2. The standard InChI is InChI=1S/C10H11ClN2O3/c11-9-2-1-8(13(14)15)7-10(9)12-3-5-16-6-4-12/h1-2,7H,3-6H2. The lowest BCUT2D eigenvalue weighted by atomic mass is 10.2. The molecule has 0 amide bonds. The number of nitro groups is 1. The van der Waals surface area contributed by atoms with Gasteiger partial charge in [-0.25, -0.2) is 0 Å². The molecular formula is C10H11ClN2O3. The van der Waals surface area contributed by atoms with Gasteiger partial charge in [0.15, 0.2) is 0 Å². The molecule has 1 fully saturated rings. The molecule has 6 heteroatoms. The number of morpholine rings is 1. The third-order valence-electron chi connectivity index (χ3n) is 2.49. The molecule has 1 saturated heterocycles. The van der Waals surface area contributed by atoms with Gasteiger partial charge in [0.2, 0.25) is 0 Å². The van der Waals surface area contributed by atoms with E-state index in [1.54, 1.807) is 6.07 Å². The summed E-state index contributed by atoms with van der Waals surface area (Å²) < 4.78 is 5.22. The normalized spacial score (nSPS) is 16.2. The summed E-state index contributed by atoms with van der Waals surface area (Å²) in [4.78, 5) is 12.2. The second-order valence-corrected chi connectivity index (χ2v) is 3.90. The number of rotatable bonds is 2. The fourth-order valence-electron chi connectivity index (χ4n) is 1.66. The zero-order valence-electron chi connectivity index (χ0n) is 8.56. The summed E-state index contributed by atoms with van der Waals surface area (Å²) in [6, 6.07) is 4.48. The van der Waals surface area contributed by atoms with E-state index in [1.807, 2.05) is 4.90 Å². The Morgan fingerprint density at radius 3 is 2.69 bits per heavy atom. The van der Waals surface area contributed by atoms with Crippen molar-refractivity contribution in [2.45, 2.75) is 0 Å². The summed E-state index contributed by atoms with van der Waals surface area (Å²) in [5.41, 5.74) is 0.769. The monoisotopic (exact) mass is 242 g/mol. The highest BCUT2D eigenvalue weighted by molar-refractivity contribution is 6.33. The maximum atomic E-state index is 10.7. The molecule has 0 saturated carbocycles. The van der Waals surface area contributed by atoms with Crippen molar-refractivity contribution in [2.24, 2.45) is 0 Å². The molecule has 0 radical (unpaired) electrons. The van der Waals surface area contributed by atoms with Gasteiger partial charge in [0.25, 0.3) is 5.69 Å². The molecule has 0 N–H and O–H groups in total. The van der Waals surface area contributed by atoms with Crippen molar-refractivity contribution in [1.82, 2.24) is 0 Å². The summed E-state index contributed by atoms with van der Waals surface area (Å²) in [5.74, 6) is 0. The van der Waals surface area contributed by atoms with Gasteiger partial charge in [-0.2, -0.15) is 0 Å². The molecule has 86 valence electrons. The number of ether oxygens (including phenoxy) is 1. The van der Waals surface area contributed by atoms with Crippen molar-refractivity contribution < 1.29 is 9.66 Å². The summed E-state index contributed by atoms with van der Waals surface area (Å²) >= 11 is 6.03. The molecule has 2 rings (SSSR count). The predicted octanol–water partition coefficient (Wildman–Crippen LogP) is 2.08. The fourth-order valence-corrected chi connectivity index (χ4v) is 1.90. The summed E-state index contributed by atoms with van der Waals surface area (Å²) in [7, 11) is 0. The van der Waals surface area contributed by atoms with E-state index in [0.717, 1.165) is 0 Å². The van der Waals surface area contributed by atoms with Crippen LogP contribution >= 0.6 is 11.6 Å².